The van der Waals surface area contributed by atoms with Gasteiger partial charge in [-0.25, -0.2) is 4.98 Å². The van der Waals surface area contributed by atoms with Crippen LogP contribution in [0, 0.1) is 4.64 Å². The molecule has 0 radical (unpaired) electrons. The number of rotatable bonds is 1. The van der Waals surface area contributed by atoms with Gasteiger partial charge in [0.1, 0.15) is 10.5 Å². The Labute approximate surface area is 74.5 Å². The third-order valence-electron chi connectivity index (χ3n) is 1.55. The summed E-state index contributed by atoms with van der Waals surface area (Å²) >= 11 is 4.98. The second-order valence-electron chi connectivity index (χ2n) is 2.38. The first-order valence-electron chi connectivity index (χ1n) is 3.55. The molecule has 2 heterocycles. The van der Waals surface area contributed by atoms with Crippen molar-refractivity contribution in [2.45, 2.75) is 0 Å². The Kier molecular flexibility index (Phi) is 1.75. The predicted molar refractivity (Wildman–Crippen MR) is 49.2 cm³/mol. The van der Waals surface area contributed by atoms with Gasteiger partial charge in [-0.05, 0) is 12.1 Å². The van der Waals surface area contributed by atoms with Gasteiger partial charge >= 0.3 is 0 Å². The molecule has 3 nitrogen and oxygen atoms in total. The fraction of sp³-hybridized carbons (Fsp3) is 0. The molecule has 0 bridgehead atoms. The summed E-state index contributed by atoms with van der Waals surface area (Å²) in [5.41, 5.74) is 1.00. The average Bonchev–Trinajstić information content (AvgIpc) is 2.56. The first kappa shape index (κ1) is 7.24. The van der Waals surface area contributed by atoms with Gasteiger partial charge < -0.3 is 9.97 Å². The highest BCUT2D eigenvalue weighted by Gasteiger charge is 1.96. The Bertz CT molecular complexity index is 416. The smallest absolute Gasteiger partial charge is 0.137 e. The van der Waals surface area contributed by atoms with E-state index in [0.717, 1.165) is 11.4 Å². The van der Waals surface area contributed by atoms with Crippen molar-refractivity contribution >= 4 is 12.2 Å². The summed E-state index contributed by atoms with van der Waals surface area (Å²) in [5.74, 6) is 0.843. The Hall–Kier alpha value is -1.42. The fourth-order valence-corrected chi connectivity index (χ4v) is 1.21. The van der Waals surface area contributed by atoms with E-state index in [2.05, 4.69) is 15.0 Å². The van der Waals surface area contributed by atoms with Crippen LogP contribution in [0.2, 0.25) is 0 Å². The summed E-state index contributed by atoms with van der Waals surface area (Å²) in [6, 6.07) is 3.79. The molecular weight excluding hydrogens is 170 g/mol. The highest BCUT2D eigenvalue weighted by Crippen LogP contribution is 2.11. The SMILES string of the molecule is S=c1cc(-c2ncc[nH]2)cc[nH]1. The normalized spacial score (nSPS) is 10.0. The monoisotopic (exact) mass is 177 g/mol. The quantitative estimate of drug-likeness (QED) is 0.655. The molecule has 0 fully saturated rings. The third-order valence-corrected chi connectivity index (χ3v) is 1.78. The van der Waals surface area contributed by atoms with Gasteiger partial charge in [-0.3, -0.25) is 0 Å². The molecule has 0 aliphatic carbocycles. The predicted octanol–water partition coefficient (Wildman–Crippen LogP) is 2.13. The summed E-state index contributed by atoms with van der Waals surface area (Å²) in [4.78, 5) is 10.0. The standard InChI is InChI=1S/C8H7N3S/c12-7-5-6(1-2-9-7)8-10-3-4-11-8/h1-5H,(H,9,12)(H,10,11). The lowest BCUT2D eigenvalue weighted by Crippen LogP contribution is -1.80. The highest BCUT2D eigenvalue weighted by molar-refractivity contribution is 7.71. The fourth-order valence-electron chi connectivity index (χ4n) is 1.02. The molecule has 0 saturated heterocycles. The second kappa shape index (κ2) is 2.91. The highest BCUT2D eigenvalue weighted by atomic mass is 32.1. The van der Waals surface area contributed by atoms with E-state index in [9.17, 15) is 0 Å². The van der Waals surface area contributed by atoms with Crippen molar-refractivity contribution in [3.05, 3.63) is 35.4 Å². The van der Waals surface area contributed by atoms with Crippen LogP contribution >= 0.6 is 12.2 Å². The van der Waals surface area contributed by atoms with E-state index in [4.69, 9.17) is 12.2 Å². The van der Waals surface area contributed by atoms with Crippen LogP contribution in [0.1, 0.15) is 0 Å². The maximum absolute atomic E-state index is 4.98. The van der Waals surface area contributed by atoms with Crippen molar-refractivity contribution in [3.63, 3.8) is 0 Å². The number of aromatic amines is 2. The zero-order chi connectivity index (χ0) is 8.39. The summed E-state index contributed by atoms with van der Waals surface area (Å²) < 4.78 is 0.712. The number of hydrogen-bond acceptors (Lipinski definition) is 2. The molecule has 0 saturated carbocycles. The van der Waals surface area contributed by atoms with Crippen LogP contribution < -0.4 is 0 Å². The Morgan fingerprint density at radius 1 is 1.25 bits per heavy atom. The summed E-state index contributed by atoms with van der Waals surface area (Å²) in [5, 5.41) is 0. The second-order valence-corrected chi connectivity index (χ2v) is 2.82. The van der Waals surface area contributed by atoms with E-state index in [1.54, 1.807) is 18.6 Å². The molecule has 60 valence electrons. The molecule has 0 unspecified atom stereocenters. The van der Waals surface area contributed by atoms with Crippen molar-refractivity contribution in [2.24, 2.45) is 0 Å². The molecule has 0 aliphatic rings. The van der Waals surface area contributed by atoms with Crippen LogP contribution in [-0.4, -0.2) is 15.0 Å². The van der Waals surface area contributed by atoms with Gasteiger partial charge in [-0.2, -0.15) is 0 Å². The molecule has 2 N–H and O–H groups in total. The molecule has 2 rings (SSSR count). The lowest BCUT2D eigenvalue weighted by molar-refractivity contribution is 1.26. The molecule has 0 atom stereocenters. The molecule has 0 aromatic carbocycles. The number of imidazole rings is 1. The maximum Gasteiger partial charge on any atom is 0.137 e. The van der Waals surface area contributed by atoms with Gasteiger partial charge in [0, 0.05) is 24.2 Å². The molecular formula is C8H7N3S. The maximum atomic E-state index is 4.98. The Morgan fingerprint density at radius 3 is 2.83 bits per heavy atom. The Morgan fingerprint density at radius 2 is 2.17 bits per heavy atom. The number of nitrogens with zero attached hydrogens (tertiary/aromatic N) is 1. The van der Waals surface area contributed by atoms with Crippen LogP contribution in [0.3, 0.4) is 0 Å². The van der Waals surface area contributed by atoms with Gasteiger partial charge in [-0.15, -0.1) is 0 Å². The number of H-pyrrole nitrogens is 2. The van der Waals surface area contributed by atoms with Crippen LogP contribution in [0.25, 0.3) is 11.4 Å². The van der Waals surface area contributed by atoms with E-state index in [1.165, 1.54) is 0 Å². The van der Waals surface area contributed by atoms with E-state index in [1.807, 2.05) is 12.1 Å². The van der Waals surface area contributed by atoms with Crippen molar-refractivity contribution in [2.75, 3.05) is 0 Å². The average molecular weight is 177 g/mol. The number of pyridine rings is 1. The minimum Gasteiger partial charge on any atom is -0.353 e. The van der Waals surface area contributed by atoms with Gasteiger partial charge in [0.15, 0.2) is 0 Å². The van der Waals surface area contributed by atoms with Gasteiger partial charge in [-0.1, -0.05) is 12.2 Å². The van der Waals surface area contributed by atoms with Gasteiger partial charge in [0.2, 0.25) is 0 Å². The van der Waals surface area contributed by atoms with Crippen LogP contribution in [-0.2, 0) is 0 Å². The lowest BCUT2D eigenvalue weighted by atomic mass is 10.3. The number of nitrogens with one attached hydrogen (secondary N) is 2. The van der Waals surface area contributed by atoms with E-state index >= 15 is 0 Å². The molecule has 0 amide bonds. The Balaban J connectivity index is 2.55. The van der Waals surface area contributed by atoms with Crippen molar-refractivity contribution < 1.29 is 0 Å². The van der Waals surface area contributed by atoms with Gasteiger partial charge in [0.25, 0.3) is 0 Å². The molecule has 12 heavy (non-hydrogen) atoms. The summed E-state index contributed by atoms with van der Waals surface area (Å²) in [7, 11) is 0. The zero-order valence-corrected chi connectivity index (χ0v) is 7.06. The molecule has 2 aromatic rings. The van der Waals surface area contributed by atoms with Crippen molar-refractivity contribution in [1.82, 2.24) is 15.0 Å². The lowest BCUT2D eigenvalue weighted by Gasteiger charge is -1.93. The molecule has 0 spiro atoms. The van der Waals surface area contributed by atoms with Gasteiger partial charge in [0.05, 0.1) is 0 Å². The van der Waals surface area contributed by atoms with E-state index < -0.39 is 0 Å². The van der Waals surface area contributed by atoms with Crippen LogP contribution in [0.5, 0.6) is 0 Å². The van der Waals surface area contributed by atoms with Crippen LogP contribution in [0.15, 0.2) is 30.7 Å². The summed E-state index contributed by atoms with van der Waals surface area (Å²) in [6.45, 7) is 0. The molecule has 0 aliphatic heterocycles. The first-order valence-corrected chi connectivity index (χ1v) is 3.95. The topological polar surface area (TPSA) is 44.5 Å². The molecule has 2 aromatic heterocycles. The van der Waals surface area contributed by atoms with E-state index in [0.29, 0.717) is 4.64 Å². The van der Waals surface area contributed by atoms with Crippen molar-refractivity contribution in [3.8, 4) is 11.4 Å². The number of hydrogen-bond donors (Lipinski definition) is 2. The minimum atomic E-state index is 0.712. The van der Waals surface area contributed by atoms with Crippen LogP contribution in [0.4, 0.5) is 0 Å². The first-order chi connectivity index (χ1) is 5.86. The number of aromatic nitrogens is 3. The minimum absolute atomic E-state index is 0.712. The van der Waals surface area contributed by atoms with Crippen molar-refractivity contribution in [1.29, 1.82) is 0 Å². The zero-order valence-electron chi connectivity index (χ0n) is 6.24. The third kappa shape index (κ3) is 1.29. The summed E-state index contributed by atoms with van der Waals surface area (Å²) in [6.07, 6.45) is 5.31. The van der Waals surface area contributed by atoms with E-state index in [-0.39, 0.29) is 0 Å². The molecule has 4 heteroatoms. The largest absolute Gasteiger partial charge is 0.353 e.